The van der Waals surface area contributed by atoms with Crippen molar-refractivity contribution in [3.8, 4) is 0 Å². The van der Waals surface area contributed by atoms with Crippen molar-refractivity contribution in [3.63, 3.8) is 0 Å². The van der Waals surface area contributed by atoms with E-state index in [4.69, 9.17) is 15.2 Å². The predicted octanol–water partition coefficient (Wildman–Crippen LogP) is -0.325. The molecule has 6 nitrogen and oxygen atoms in total. The largest absolute Gasteiger partial charge is 0.378 e. The third-order valence-corrected chi connectivity index (χ3v) is 3.96. The van der Waals surface area contributed by atoms with Gasteiger partial charge in [-0.3, -0.25) is 9.69 Å². The van der Waals surface area contributed by atoms with Crippen molar-refractivity contribution in [1.82, 2.24) is 9.80 Å². The molecule has 0 bridgehead atoms. The van der Waals surface area contributed by atoms with Crippen molar-refractivity contribution in [2.45, 2.75) is 25.4 Å². The second-order valence-corrected chi connectivity index (χ2v) is 5.48. The molecule has 0 saturated carbocycles. The molecule has 0 unspecified atom stereocenters. The van der Waals surface area contributed by atoms with Crippen LogP contribution in [0.25, 0.3) is 0 Å². The molecular formula is C14H27N3O3. The summed E-state index contributed by atoms with van der Waals surface area (Å²) < 4.78 is 11.0. The van der Waals surface area contributed by atoms with E-state index >= 15 is 0 Å². The lowest BCUT2D eigenvalue weighted by molar-refractivity contribution is -0.137. The van der Waals surface area contributed by atoms with Crippen LogP contribution >= 0.6 is 0 Å². The molecule has 2 rings (SSSR count). The van der Waals surface area contributed by atoms with Gasteiger partial charge in [0.15, 0.2) is 0 Å². The molecule has 20 heavy (non-hydrogen) atoms. The van der Waals surface area contributed by atoms with Gasteiger partial charge in [0.1, 0.15) is 0 Å². The standard InChI is InChI=1S/C14H27N3O3/c15-4-1-9-20-13-2-5-16(6-3-13)12-14(18)17-7-10-19-11-8-17/h13H,1-12,15H2. The summed E-state index contributed by atoms with van der Waals surface area (Å²) in [5.41, 5.74) is 5.45. The number of hydrogen-bond donors (Lipinski definition) is 1. The Labute approximate surface area is 121 Å². The molecule has 116 valence electrons. The van der Waals surface area contributed by atoms with Crippen LogP contribution in [-0.2, 0) is 14.3 Å². The Bertz CT molecular complexity index is 287. The molecule has 2 N–H and O–H groups in total. The number of amides is 1. The van der Waals surface area contributed by atoms with Crippen LogP contribution in [0.5, 0.6) is 0 Å². The van der Waals surface area contributed by atoms with Crippen LogP contribution in [0.1, 0.15) is 19.3 Å². The van der Waals surface area contributed by atoms with Gasteiger partial charge in [0.05, 0.1) is 25.9 Å². The summed E-state index contributed by atoms with van der Waals surface area (Å²) in [4.78, 5) is 16.3. The topological polar surface area (TPSA) is 68.0 Å². The third-order valence-electron chi connectivity index (χ3n) is 3.96. The minimum absolute atomic E-state index is 0.232. The molecule has 2 heterocycles. The molecule has 0 aliphatic carbocycles. The highest BCUT2D eigenvalue weighted by Gasteiger charge is 2.24. The van der Waals surface area contributed by atoms with Crippen LogP contribution in [0.4, 0.5) is 0 Å². The number of hydrogen-bond acceptors (Lipinski definition) is 5. The molecular weight excluding hydrogens is 258 g/mol. The van der Waals surface area contributed by atoms with E-state index in [1.165, 1.54) is 0 Å². The number of nitrogens with two attached hydrogens (primary N) is 1. The second kappa shape index (κ2) is 8.56. The minimum atomic E-state index is 0.232. The van der Waals surface area contributed by atoms with Gasteiger partial charge in [-0.1, -0.05) is 0 Å². The van der Waals surface area contributed by atoms with E-state index in [2.05, 4.69) is 4.90 Å². The predicted molar refractivity (Wildman–Crippen MR) is 76.5 cm³/mol. The van der Waals surface area contributed by atoms with Crippen LogP contribution in [-0.4, -0.2) is 80.9 Å². The Morgan fingerprint density at radius 2 is 1.90 bits per heavy atom. The Morgan fingerprint density at radius 3 is 2.55 bits per heavy atom. The summed E-state index contributed by atoms with van der Waals surface area (Å²) in [6.45, 7) is 6.68. The summed E-state index contributed by atoms with van der Waals surface area (Å²) >= 11 is 0. The lowest BCUT2D eigenvalue weighted by atomic mass is 10.1. The molecule has 0 atom stereocenters. The smallest absolute Gasteiger partial charge is 0.236 e. The Balaban J connectivity index is 1.62. The molecule has 0 aromatic rings. The third kappa shape index (κ3) is 5.01. The van der Waals surface area contributed by atoms with Crippen molar-refractivity contribution in [2.24, 2.45) is 5.73 Å². The van der Waals surface area contributed by atoms with E-state index in [1.54, 1.807) is 0 Å². The zero-order valence-corrected chi connectivity index (χ0v) is 12.3. The van der Waals surface area contributed by atoms with Gasteiger partial charge in [-0.2, -0.15) is 0 Å². The first-order valence-electron chi connectivity index (χ1n) is 7.69. The van der Waals surface area contributed by atoms with E-state index in [0.717, 1.165) is 52.0 Å². The summed E-state index contributed by atoms with van der Waals surface area (Å²) in [5.74, 6) is 0.232. The molecule has 2 saturated heterocycles. The van der Waals surface area contributed by atoms with Gasteiger partial charge in [0.2, 0.25) is 5.91 Å². The highest BCUT2D eigenvalue weighted by Crippen LogP contribution is 2.14. The van der Waals surface area contributed by atoms with Crippen molar-refractivity contribution in [1.29, 1.82) is 0 Å². The van der Waals surface area contributed by atoms with Crippen molar-refractivity contribution in [2.75, 3.05) is 59.1 Å². The lowest BCUT2D eigenvalue weighted by Gasteiger charge is -2.34. The van der Waals surface area contributed by atoms with Crippen LogP contribution in [0, 0.1) is 0 Å². The number of rotatable bonds is 6. The fourth-order valence-electron chi connectivity index (χ4n) is 2.67. The van der Waals surface area contributed by atoms with Gasteiger partial charge >= 0.3 is 0 Å². The average molecular weight is 285 g/mol. The number of carbonyl (C=O) groups excluding carboxylic acids is 1. The van der Waals surface area contributed by atoms with Gasteiger partial charge in [0.25, 0.3) is 0 Å². The first kappa shape index (κ1) is 15.7. The normalized spacial score (nSPS) is 22.1. The van der Waals surface area contributed by atoms with E-state index in [9.17, 15) is 4.79 Å². The Morgan fingerprint density at radius 1 is 1.20 bits per heavy atom. The van der Waals surface area contributed by atoms with E-state index in [0.29, 0.717) is 32.4 Å². The maximum absolute atomic E-state index is 12.1. The maximum atomic E-state index is 12.1. The number of carbonyl (C=O) groups is 1. The molecule has 0 aromatic heterocycles. The monoisotopic (exact) mass is 285 g/mol. The Kier molecular flexibility index (Phi) is 6.72. The van der Waals surface area contributed by atoms with Crippen LogP contribution in [0.2, 0.25) is 0 Å². The van der Waals surface area contributed by atoms with Crippen LogP contribution in [0.15, 0.2) is 0 Å². The molecule has 2 fully saturated rings. The van der Waals surface area contributed by atoms with Crippen molar-refractivity contribution < 1.29 is 14.3 Å². The number of piperidine rings is 1. The SMILES string of the molecule is NCCCOC1CCN(CC(=O)N2CCOCC2)CC1. The molecule has 1 amide bonds. The number of ether oxygens (including phenoxy) is 2. The zero-order valence-electron chi connectivity index (χ0n) is 12.3. The summed E-state index contributed by atoms with van der Waals surface area (Å²) in [5, 5.41) is 0. The molecule has 0 radical (unpaired) electrons. The van der Waals surface area contributed by atoms with Gasteiger partial charge in [-0.25, -0.2) is 0 Å². The summed E-state index contributed by atoms with van der Waals surface area (Å²) in [6.07, 6.45) is 3.30. The molecule has 2 aliphatic heterocycles. The fourth-order valence-corrected chi connectivity index (χ4v) is 2.67. The van der Waals surface area contributed by atoms with Gasteiger partial charge in [0, 0.05) is 32.8 Å². The molecule has 0 spiro atoms. The second-order valence-electron chi connectivity index (χ2n) is 5.48. The minimum Gasteiger partial charge on any atom is -0.378 e. The molecule has 2 aliphatic rings. The van der Waals surface area contributed by atoms with E-state index in [-0.39, 0.29) is 5.91 Å². The number of likely N-dealkylation sites (tertiary alicyclic amines) is 1. The first-order chi connectivity index (χ1) is 9.79. The number of morpholine rings is 1. The summed E-state index contributed by atoms with van der Waals surface area (Å²) in [6, 6.07) is 0. The van der Waals surface area contributed by atoms with Crippen molar-refractivity contribution in [3.05, 3.63) is 0 Å². The lowest BCUT2D eigenvalue weighted by Crippen LogP contribution is -2.48. The highest BCUT2D eigenvalue weighted by atomic mass is 16.5. The van der Waals surface area contributed by atoms with E-state index in [1.807, 2.05) is 4.90 Å². The molecule has 6 heteroatoms. The Hall–Kier alpha value is -0.690. The van der Waals surface area contributed by atoms with Crippen molar-refractivity contribution >= 4 is 5.91 Å². The maximum Gasteiger partial charge on any atom is 0.236 e. The van der Waals surface area contributed by atoms with Crippen LogP contribution < -0.4 is 5.73 Å². The van der Waals surface area contributed by atoms with Gasteiger partial charge in [-0.15, -0.1) is 0 Å². The van der Waals surface area contributed by atoms with Crippen LogP contribution in [0.3, 0.4) is 0 Å². The fraction of sp³-hybridized carbons (Fsp3) is 0.929. The molecule has 0 aromatic carbocycles. The highest BCUT2D eigenvalue weighted by molar-refractivity contribution is 5.78. The average Bonchev–Trinajstić information content (AvgIpc) is 2.50. The zero-order chi connectivity index (χ0) is 14.2. The van der Waals surface area contributed by atoms with E-state index < -0.39 is 0 Å². The number of nitrogens with zero attached hydrogens (tertiary/aromatic N) is 2. The van der Waals surface area contributed by atoms with Gasteiger partial charge in [-0.05, 0) is 25.8 Å². The summed E-state index contributed by atoms with van der Waals surface area (Å²) in [7, 11) is 0. The van der Waals surface area contributed by atoms with Gasteiger partial charge < -0.3 is 20.1 Å². The first-order valence-corrected chi connectivity index (χ1v) is 7.69. The quantitative estimate of drug-likeness (QED) is 0.677.